The van der Waals surface area contributed by atoms with Crippen molar-refractivity contribution in [2.75, 3.05) is 19.8 Å². The summed E-state index contributed by atoms with van der Waals surface area (Å²) < 4.78 is 5.22. The molecule has 1 aromatic rings. The Hall–Kier alpha value is -0.450. The van der Waals surface area contributed by atoms with Crippen LogP contribution in [0, 0.1) is 0 Å². The van der Waals surface area contributed by atoms with Crippen molar-refractivity contribution in [2.24, 2.45) is 0 Å². The fourth-order valence-corrected chi connectivity index (χ4v) is 1.55. The Balaban J connectivity index is 1.90. The van der Waals surface area contributed by atoms with Gasteiger partial charge >= 0.3 is 0 Å². The molecule has 0 bridgehead atoms. The SMILES string of the molecule is CCOCCCNCc1cncs1. The van der Waals surface area contributed by atoms with Crippen molar-refractivity contribution in [3.05, 3.63) is 16.6 Å². The summed E-state index contributed by atoms with van der Waals surface area (Å²) in [7, 11) is 0. The molecular formula is C9H16N2OS. The predicted octanol–water partition coefficient (Wildman–Crippen LogP) is 1.66. The second kappa shape index (κ2) is 7.00. The lowest BCUT2D eigenvalue weighted by molar-refractivity contribution is 0.144. The first-order valence-corrected chi connectivity index (χ1v) is 5.47. The number of thiazole rings is 1. The average molecular weight is 200 g/mol. The number of rotatable bonds is 7. The first kappa shape index (κ1) is 10.6. The topological polar surface area (TPSA) is 34.1 Å². The molecule has 0 atom stereocenters. The summed E-state index contributed by atoms with van der Waals surface area (Å²) in [4.78, 5) is 5.29. The van der Waals surface area contributed by atoms with Crippen LogP contribution in [-0.4, -0.2) is 24.7 Å². The molecule has 0 aliphatic carbocycles. The van der Waals surface area contributed by atoms with E-state index >= 15 is 0 Å². The van der Waals surface area contributed by atoms with Gasteiger partial charge in [-0.2, -0.15) is 0 Å². The van der Waals surface area contributed by atoms with Gasteiger partial charge < -0.3 is 10.1 Å². The highest BCUT2D eigenvalue weighted by Crippen LogP contribution is 2.03. The van der Waals surface area contributed by atoms with Gasteiger partial charge in [-0.1, -0.05) is 0 Å². The van der Waals surface area contributed by atoms with Crippen LogP contribution in [0.25, 0.3) is 0 Å². The molecule has 1 aromatic heterocycles. The second-order valence-electron chi connectivity index (χ2n) is 2.69. The van der Waals surface area contributed by atoms with E-state index in [-0.39, 0.29) is 0 Å². The number of aromatic nitrogens is 1. The third-order valence-electron chi connectivity index (χ3n) is 1.63. The zero-order chi connectivity index (χ0) is 9.36. The van der Waals surface area contributed by atoms with Crippen LogP contribution in [0.5, 0.6) is 0 Å². The fourth-order valence-electron chi connectivity index (χ4n) is 0.985. The number of hydrogen-bond donors (Lipinski definition) is 1. The minimum atomic E-state index is 0.814. The minimum Gasteiger partial charge on any atom is -0.382 e. The van der Waals surface area contributed by atoms with E-state index in [1.807, 2.05) is 18.6 Å². The van der Waals surface area contributed by atoms with Gasteiger partial charge in [-0.05, 0) is 19.9 Å². The Morgan fingerprint density at radius 1 is 1.62 bits per heavy atom. The molecule has 0 unspecified atom stereocenters. The van der Waals surface area contributed by atoms with Crippen molar-refractivity contribution in [1.82, 2.24) is 10.3 Å². The van der Waals surface area contributed by atoms with Gasteiger partial charge in [-0.15, -0.1) is 11.3 Å². The maximum Gasteiger partial charge on any atom is 0.0794 e. The summed E-state index contributed by atoms with van der Waals surface area (Å²) in [6.45, 7) is 5.63. The molecule has 0 aromatic carbocycles. The van der Waals surface area contributed by atoms with E-state index in [4.69, 9.17) is 4.74 Å². The van der Waals surface area contributed by atoms with E-state index in [2.05, 4.69) is 10.3 Å². The van der Waals surface area contributed by atoms with Gasteiger partial charge in [0.25, 0.3) is 0 Å². The van der Waals surface area contributed by atoms with Crippen LogP contribution in [0.4, 0.5) is 0 Å². The molecular weight excluding hydrogens is 184 g/mol. The molecule has 0 fully saturated rings. The quantitative estimate of drug-likeness (QED) is 0.680. The summed E-state index contributed by atoms with van der Waals surface area (Å²) >= 11 is 1.69. The van der Waals surface area contributed by atoms with E-state index in [0.29, 0.717) is 0 Å². The third-order valence-corrected chi connectivity index (χ3v) is 2.41. The van der Waals surface area contributed by atoms with Gasteiger partial charge in [0.05, 0.1) is 5.51 Å². The summed E-state index contributed by atoms with van der Waals surface area (Å²) in [5, 5.41) is 3.34. The molecule has 0 saturated heterocycles. The van der Waals surface area contributed by atoms with Gasteiger partial charge in [0.1, 0.15) is 0 Å². The molecule has 1 heterocycles. The lowest BCUT2D eigenvalue weighted by atomic mass is 10.4. The molecule has 3 nitrogen and oxygen atoms in total. The Labute approximate surface area is 83.1 Å². The highest BCUT2D eigenvalue weighted by atomic mass is 32.1. The van der Waals surface area contributed by atoms with Crippen molar-refractivity contribution in [3.8, 4) is 0 Å². The van der Waals surface area contributed by atoms with Crippen LogP contribution in [-0.2, 0) is 11.3 Å². The van der Waals surface area contributed by atoms with Crippen molar-refractivity contribution in [3.63, 3.8) is 0 Å². The van der Waals surface area contributed by atoms with E-state index in [1.54, 1.807) is 11.3 Å². The van der Waals surface area contributed by atoms with E-state index in [1.165, 1.54) is 4.88 Å². The molecule has 1 N–H and O–H groups in total. The molecule has 1 rings (SSSR count). The molecule has 13 heavy (non-hydrogen) atoms. The highest BCUT2D eigenvalue weighted by Gasteiger charge is 1.92. The van der Waals surface area contributed by atoms with Gasteiger partial charge in [-0.3, -0.25) is 4.98 Å². The van der Waals surface area contributed by atoms with Gasteiger partial charge in [-0.25, -0.2) is 0 Å². The van der Waals surface area contributed by atoms with Crippen molar-refractivity contribution < 1.29 is 4.74 Å². The second-order valence-corrected chi connectivity index (χ2v) is 3.67. The molecule has 0 spiro atoms. The summed E-state index contributed by atoms with van der Waals surface area (Å²) in [5.41, 5.74) is 1.86. The smallest absolute Gasteiger partial charge is 0.0794 e. The normalized spacial score (nSPS) is 10.5. The first-order chi connectivity index (χ1) is 6.43. The monoisotopic (exact) mass is 200 g/mol. The predicted molar refractivity (Wildman–Crippen MR) is 54.9 cm³/mol. The van der Waals surface area contributed by atoms with Gasteiger partial charge in [0.15, 0.2) is 0 Å². The van der Waals surface area contributed by atoms with Crippen LogP contribution >= 0.6 is 11.3 Å². The summed E-state index contributed by atoms with van der Waals surface area (Å²) in [5.74, 6) is 0. The molecule has 0 aliphatic rings. The van der Waals surface area contributed by atoms with Gasteiger partial charge in [0.2, 0.25) is 0 Å². The zero-order valence-corrected chi connectivity index (χ0v) is 8.77. The number of ether oxygens (including phenoxy) is 1. The number of nitrogens with zero attached hydrogens (tertiary/aromatic N) is 1. The van der Waals surface area contributed by atoms with Crippen LogP contribution in [0.15, 0.2) is 11.7 Å². The molecule has 0 amide bonds. The maximum atomic E-state index is 5.22. The van der Waals surface area contributed by atoms with Crippen LogP contribution in [0.2, 0.25) is 0 Å². The van der Waals surface area contributed by atoms with Gasteiger partial charge in [0, 0.05) is 30.8 Å². The Morgan fingerprint density at radius 3 is 3.23 bits per heavy atom. The van der Waals surface area contributed by atoms with E-state index in [0.717, 1.165) is 32.7 Å². The Morgan fingerprint density at radius 2 is 2.54 bits per heavy atom. The first-order valence-electron chi connectivity index (χ1n) is 4.59. The number of nitrogens with one attached hydrogen (secondary N) is 1. The zero-order valence-electron chi connectivity index (χ0n) is 7.95. The van der Waals surface area contributed by atoms with E-state index in [9.17, 15) is 0 Å². The fraction of sp³-hybridized carbons (Fsp3) is 0.667. The lowest BCUT2D eigenvalue weighted by Crippen LogP contribution is -2.15. The summed E-state index contributed by atoms with van der Waals surface area (Å²) in [6.07, 6.45) is 2.98. The maximum absolute atomic E-state index is 5.22. The average Bonchev–Trinajstić information content (AvgIpc) is 2.63. The third kappa shape index (κ3) is 4.98. The van der Waals surface area contributed by atoms with Crippen molar-refractivity contribution >= 4 is 11.3 Å². The largest absolute Gasteiger partial charge is 0.382 e. The Kier molecular flexibility index (Phi) is 5.73. The molecule has 74 valence electrons. The highest BCUT2D eigenvalue weighted by molar-refractivity contribution is 7.09. The number of hydrogen-bond acceptors (Lipinski definition) is 4. The van der Waals surface area contributed by atoms with E-state index < -0.39 is 0 Å². The summed E-state index contributed by atoms with van der Waals surface area (Å²) in [6, 6.07) is 0. The molecule has 0 radical (unpaired) electrons. The standard InChI is InChI=1S/C9H16N2OS/c1-2-12-5-3-4-10-6-9-7-11-8-13-9/h7-8,10H,2-6H2,1H3. The minimum absolute atomic E-state index is 0.814. The van der Waals surface area contributed by atoms with Crippen LogP contribution in [0.3, 0.4) is 0 Å². The molecule has 0 saturated carbocycles. The lowest BCUT2D eigenvalue weighted by Gasteiger charge is -2.02. The Bertz CT molecular complexity index is 201. The van der Waals surface area contributed by atoms with Crippen LogP contribution in [0.1, 0.15) is 18.2 Å². The van der Waals surface area contributed by atoms with Crippen molar-refractivity contribution in [1.29, 1.82) is 0 Å². The molecule has 4 heteroatoms. The van der Waals surface area contributed by atoms with Crippen molar-refractivity contribution in [2.45, 2.75) is 19.9 Å². The molecule has 0 aliphatic heterocycles. The van der Waals surface area contributed by atoms with Crippen LogP contribution < -0.4 is 5.32 Å².